The first-order valence-electron chi connectivity index (χ1n) is 13.0. The van der Waals surface area contributed by atoms with Crippen molar-refractivity contribution in [2.24, 2.45) is 23.2 Å². The normalized spacial score (nSPS) is 30.7. The number of benzene rings is 1. The lowest BCUT2D eigenvalue weighted by Crippen LogP contribution is -2.59. The summed E-state index contributed by atoms with van der Waals surface area (Å²) in [4.78, 5) is 30.2. The maximum Gasteiger partial charge on any atom is 0.317 e. The van der Waals surface area contributed by atoms with Crippen LogP contribution >= 0.6 is 0 Å². The summed E-state index contributed by atoms with van der Waals surface area (Å²) >= 11 is 0. The first-order chi connectivity index (χ1) is 16.1. The highest BCUT2D eigenvalue weighted by Gasteiger charge is 2.55. The van der Waals surface area contributed by atoms with Gasteiger partial charge in [-0.15, -0.1) is 0 Å². The number of amides is 3. The van der Waals surface area contributed by atoms with Crippen LogP contribution in [0.5, 0.6) is 0 Å². The van der Waals surface area contributed by atoms with Gasteiger partial charge in [0.25, 0.3) is 0 Å². The van der Waals surface area contributed by atoms with Gasteiger partial charge < -0.3 is 19.7 Å². The number of rotatable bonds is 5. The Balaban J connectivity index is 0.964. The number of aromatic nitrogens is 1. The van der Waals surface area contributed by atoms with E-state index < -0.39 is 0 Å². The number of urea groups is 1. The minimum Gasteiger partial charge on any atom is -0.347 e. The molecule has 1 aromatic carbocycles. The van der Waals surface area contributed by atoms with Crippen molar-refractivity contribution in [2.45, 2.75) is 51.5 Å². The van der Waals surface area contributed by atoms with Gasteiger partial charge in [-0.2, -0.15) is 0 Å². The lowest BCUT2D eigenvalue weighted by Gasteiger charge is -2.57. The van der Waals surface area contributed by atoms with Crippen LogP contribution in [0.2, 0.25) is 0 Å². The van der Waals surface area contributed by atoms with Gasteiger partial charge in [-0.1, -0.05) is 18.2 Å². The molecule has 4 bridgehead atoms. The van der Waals surface area contributed by atoms with E-state index in [-0.39, 0.29) is 11.4 Å². The van der Waals surface area contributed by atoms with Gasteiger partial charge in [-0.25, -0.2) is 4.79 Å². The molecule has 1 saturated heterocycles. The molecular formula is C27H36N4O2. The molecule has 1 aromatic heterocycles. The summed E-state index contributed by atoms with van der Waals surface area (Å²) in [6, 6.07) is 10.5. The van der Waals surface area contributed by atoms with E-state index in [1.165, 1.54) is 30.2 Å². The smallest absolute Gasteiger partial charge is 0.317 e. The van der Waals surface area contributed by atoms with Gasteiger partial charge in [0, 0.05) is 51.0 Å². The Hall–Kier alpha value is -2.50. The molecule has 0 atom stereocenters. The number of piperazine rings is 1. The van der Waals surface area contributed by atoms with E-state index in [0.29, 0.717) is 38.6 Å². The number of carbonyl (C=O) groups excluding carboxylic acids is 2. The van der Waals surface area contributed by atoms with E-state index in [2.05, 4.69) is 51.3 Å². The standard InChI is InChI=1S/C27H36N4O2/c32-25(27-17-20-14-21(18-27)16-22(15-20)19-27)30-10-12-31(13-11-30)26(33)28-7-3-8-29-9-6-23-4-1-2-5-24(23)29/h1-2,4-6,9,20-22H,3,7-8,10-19H2,(H,28,33). The number of hydrogen-bond donors (Lipinski definition) is 1. The molecule has 5 fully saturated rings. The second-order valence-electron chi connectivity index (χ2n) is 11.1. The minimum absolute atomic E-state index is 0.00858. The van der Waals surface area contributed by atoms with Crippen LogP contribution in [0.25, 0.3) is 10.9 Å². The summed E-state index contributed by atoms with van der Waals surface area (Å²) in [7, 11) is 0. The zero-order chi connectivity index (χ0) is 22.4. The predicted octanol–water partition coefficient (Wildman–Crippen LogP) is 4.10. The van der Waals surface area contributed by atoms with Crippen LogP contribution in [0.15, 0.2) is 36.5 Å². The summed E-state index contributed by atoms with van der Waals surface area (Å²) in [5.41, 5.74) is 1.17. The van der Waals surface area contributed by atoms with Crippen molar-refractivity contribution in [1.82, 2.24) is 19.7 Å². The topological polar surface area (TPSA) is 57.6 Å². The number of nitrogens with one attached hydrogen (secondary N) is 1. The summed E-state index contributed by atoms with van der Waals surface area (Å²) in [6.07, 6.45) is 10.5. The predicted molar refractivity (Wildman–Crippen MR) is 129 cm³/mol. The van der Waals surface area contributed by atoms with Crippen LogP contribution in [-0.4, -0.2) is 59.0 Å². The summed E-state index contributed by atoms with van der Waals surface area (Å²) in [5, 5.41) is 4.34. The Morgan fingerprint density at radius 2 is 1.52 bits per heavy atom. The molecule has 1 aliphatic heterocycles. The molecule has 0 spiro atoms. The van der Waals surface area contributed by atoms with Crippen molar-refractivity contribution in [2.75, 3.05) is 32.7 Å². The summed E-state index contributed by atoms with van der Waals surface area (Å²) in [5.74, 6) is 2.77. The largest absolute Gasteiger partial charge is 0.347 e. The third-order valence-corrected chi connectivity index (χ3v) is 8.88. The molecule has 0 unspecified atom stereocenters. The second-order valence-corrected chi connectivity index (χ2v) is 11.1. The quantitative estimate of drug-likeness (QED) is 0.700. The summed E-state index contributed by atoms with van der Waals surface area (Å²) in [6.45, 7) is 4.21. The summed E-state index contributed by atoms with van der Waals surface area (Å²) < 4.78 is 2.25. The number of aryl methyl sites for hydroxylation is 1. The molecule has 33 heavy (non-hydrogen) atoms. The van der Waals surface area contributed by atoms with Gasteiger partial charge in [0.1, 0.15) is 0 Å². The third kappa shape index (κ3) is 3.91. The Kier molecular flexibility index (Phi) is 5.34. The first-order valence-corrected chi connectivity index (χ1v) is 13.0. The van der Waals surface area contributed by atoms with Gasteiger partial charge in [-0.3, -0.25) is 4.79 Å². The average Bonchev–Trinajstić information content (AvgIpc) is 3.23. The van der Waals surface area contributed by atoms with E-state index in [9.17, 15) is 9.59 Å². The maximum atomic E-state index is 13.5. The second kappa shape index (κ2) is 8.37. The molecule has 3 amide bonds. The number of hydrogen-bond acceptors (Lipinski definition) is 2. The van der Waals surface area contributed by atoms with Gasteiger partial charge in [0.2, 0.25) is 5.91 Å². The van der Waals surface area contributed by atoms with E-state index in [1.807, 2.05) is 4.90 Å². The molecule has 6 heteroatoms. The molecule has 1 N–H and O–H groups in total. The highest BCUT2D eigenvalue weighted by atomic mass is 16.2. The van der Waals surface area contributed by atoms with Crippen LogP contribution in [-0.2, 0) is 11.3 Å². The molecule has 6 nitrogen and oxygen atoms in total. The SMILES string of the molecule is O=C(NCCCn1ccc2ccccc21)N1CCN(C(=O)C23CC4CC(CC(C4)C2)C3)CC1. The van der Waals surface area contributed by atoms with E-state index in [1.54, 1.807) is 0 Å². The lowest BCUT2D eigenvalue weighted by atomic mass is 9.49. The molecule has 4 aliphatic carbocycles. The Morgan fingerprint density at radius 1 is 0.879 bits per heavy atom. The van der Waals surface area contributed by atoms with Crippen molar-refractivity contribution < 1.29 is 9.59 Å². The van der Waals surface area contributed by atoms with Gasteiger partial charge in [0.05, 0.1) is 5.41 Å². The van der Waals surface area contributed by atoms with Crippen LogP contribution in [0.1, 0.15) is 44.9 Å². The Bertz CT molecular complexity index is 1000. The van der Waals surface area contributed by atoms with Crippen LogP contribution in [0.3, 0.4) is 0 Å². The molecule has 2 heterocycles. The molecular weight excluding hydrogens is 412 g/mol. The zero-order valence-corrected chi connectivity index (χ0v) is 19.5. The van der Waals surface area contributed by atoms with Crippen LogP contribution in [0, 0.1) is 23.2 Å². The van der Waals surface area contributed by atoms with Crippen molar-refractivity contribution >= 4 is 22.8 Å². The fourth-order valence-corrected chi connectivity index (χ4v) is 7.71. The molecule has 0 radical (unpaired) electrons. The van der Waals surface area contributed by atoms with Crippen molar-refractivity contribution in [3.05, 3.63) is 36.5 Å². The molecule has 5 aliphatic rings. The van der Waals surface area contributed by atoms with Gasteiger partial charge in [-0.05, 0) is 80.2 Å². The number of para-hydroxylation sites is 1. The van der Waals surface area contributed by atoms with Gasteiger partial charge >= 0.3 is 6.03 Å². The van der Waals surface area contributed by atoms with E-state index in [0.717, 1.165) is 50.0 Å². The van der Waals surface area contributed by atoms with Crippen LogP contribution < -0.4 is 5.32 Å². The fourth-order valence-electron chi connectivity index (χ4n) is 7.71. The zero-order valence-electron chi connectivity index (χ0n) is 19.5. The number of carbonyl (C=O) groups is 2. The molecule has 7 rings (SSSR count). The van der Waals surface area contributed by atoms with E-state index in [4.69, 9.17) is 0 Å². The van der Waals surface area contributed by atoms with Crippen molar-refractivity contribution in [3.8, 4) is 0 Å². The molecule has 2 aromatic rings. The fraction of sp³-hybridized carbons (Fsp3) is 0.630. The molecule has 4 saturated carbocycles. The van der Waals surface area contributed by atoms with Gasteiger partial charge in [0.15, 0.2) is 0 Å². The van der Waals surface area contributed by atoms with Crippen molar-refractivity contribution in [1.29, 1.82) is 0 Å². The highest BCUT2D eigenvalue weighted by molar-refractivity contribution is 5.84. The van der Waals surface area contributed by atoms with Crippen LogP contribution in [0.4, 0.5) is 4.79 Å². The van der Waals surface area contributed by atoms with Crippen molar-refractivity contribution in [3.63, 3.8) is 0 Å². The monoisotopic (exact) mass is 448 g/mol. The third-order valence-electron chi connectivity index (χ3n) is 8.88. The Labute approximate surface area is 196 Å². The molecule has 176 valence electrons. The van der Waals surface area contributed by atoms with E-state index >= 15 is 0 Å². The first kappa shape index (κ1) is 21.1. The lowest BCUT2D eigenvalue weighted by molar-refractivity contribution is -0.159. The Morgan fingerprint density at radius 3 is 2.21 bits per heavy atom. The number of nitrogens with zero attached hydrogens (tertiary/aromatic N) is 3. The minimum atomic E-state index is -0.0676. The maximum absolute atomic E-state index is 13.5. The number of fused-ring (bicyclic) bond motifs is 1. The highest BCUT2D eigenvalue weighted by Crippen LogP contribution is 2.60. The average molecular weight is 449 g/mol.